The van der Waals surface area contributed by atoms with E-state index < -0.39 is 60.4 Å². The molecule has 2 aliphatic carbocycles. The highest BCUT2D eigenvalue weighted by Gasteiger charge is 2.59. The molecule has 4 aliphatic rings. The van der Waals surface area contributed by atoms with Gasteiger partial charge in [-0.2, -0.15) is 4.98 Å². The van der Waals surface area contributed by atoms with Gasteiger partial charge in [0.25, 0.3) is 5.56 Å². The number of aliphatic hydroxyl groups excluding tert-OH is 5. The number of aromatic nitrogens is 3. The van der Waals surface area contributed by atoms with Gasteiger partial charge in [-0.3, -0.25) is 9.78 Å². The van der Waals surface area contributed by atoms with E-state index in [1.54, 1.807) is 36.0 Å². The maximum atomic E-state index is 12.9. The van der Waals surface area contributed by atoms with Crippen LogP contribution in [0.4, 0.5) is 5.95 Å². The predicted molar refractivity (Wildman–Crippen MR) is 174 cm³/mol. The molecule has 0 amide bonds. The minimum Gasteiger partial charge on any atom is -0.423 e. The Kier molecular flexibility index (Phi) is 9.04. The number of cyclic esters (lactones) is 1. The number of anilines is 1. The second-order valence-corrected chi connectivity index (χ2v) is 14.0. The van der Waals surface area contributed by atoms with Crippen molar-refractivity contribution in [3.8, 4) is 0 Å². The maximum Gasteiger partial charge on any atom is 0.343 e. The fourth-order valence-electron chi connectivity index (χ4n) is 8.43. The van der Waals surface area contributed by atoms with E-state index in [1.807, 2.05) is 13.0 Å². The molecule has 14 nitrogen and oxygen atoms in total. The van der Waals surface area contributed by atoms with E-state index >= 15 is 0 Å². The van der Waals surface area contributed by atoms with Crippen molar-refractivity contribution in [2.75, 3.05) is 18.9 Å². The number of nitrogens with two attached hydrogens (primary N) is 1. The molecule has 14 heteroatoms. The van der Waals surface area contributed by atoms with Gasteiger partial charge in [-0.25, -0.2) is 4.79 Å². The number of hydrogen-bond donors (Lipinski definition) is 7. The molecule has 8 N–H and O–H groups in total. The van der Waals surface area contributed by atoms with Crippen molar-refractivity contribution in [1.82, 2.24) is 14.5 Å². The van der Waals surface area contributed by atoms with Gasteiger partial charge in [-0.05, 0) is 49.2 Å². The van der Waals surface area contributed by atoms with Crippen LogP contribution in [0, 0.1) is 22.7 Å². The lowest BCUT2D eigenvalue weighted by Gasteiger charge is -2.60. The fourth-order valence-corrected chi connectivity index (χ4v) is 8.43. The first-order valence-corrected chi connectivity index (χ1v) is 16.1. The molecule has 2 aromatic rings. The molecule has 260 valence electrons. The van der Waals surface area contributed by atoms with Gasteiger partial charge in [0.2, 0.25) is 5.95 Å². The summed E-state index contributed by atoms with van der Waals surface area (Å²) in [6, 6.07) is 0. The molecule has 0 aromatic carbocycles. The molecule has 10 atom stereocenters. The summed E-state index contributed by atoms with van der Waals surface area (Å²) < 4.78 is 19.1. The molecule has 4 heterocycles. The smallest absolute Gasteiger partial charge is 0.343 e. The van der Waals surface area contributed by atoms with Gasteiger partial charge in [0.1, 0.15) is 35.8 Å². The monoisotopic (exact) mass is 668 g/mol. The zero-order chi connectivity index (χ0) is 34.7. The number of ether oxygens (including phenoxy) is 3. The van der Waals surface area contributed by atoms with E-state index in [1.165, 1.54) is 0 Å². The number of H-pyrrole nitrogens is 1. The summed E-state index contributed by atoms with van der Waals surface area (Å²) in [5.41, 5.74) is 6.40. The number of allylic oxidation sites excluding steroid dienone is 3. The lowest BCUT2D eigenvalue weighted by Crippen LogP contribution is -2.63. The highest BCUT2D eigenvalue weighted by Crippen LogP contribution is 2.62. The average molecular weight is 669 g/mol. The van der Waals surface area contributed by atoms with Crippen LogP contribution in [-0.4, -0.2) is 96.1 Å². The Bertz CT molecular complexity index is 1760. The zero-order valence-electron chi connectivity index (χ0n) is 27.2. The van der Waals surface area contributed by atoms with Crippen LogP contribution < -0.4 is 11.3 Å². The Morgan fingerprint density at radius 1 is 1.19 bits per heavy atom. The molecule has 48 heavy (non-hydrogen) atoms. The van der Waals surface area contributed by atoms with Crippen LogP contribution in [0.2, 0.25) is 0 Å². The molecule has 1 saturated heterocycles. The quantitative estimate of drug-likeness (QED) is 0.124. The van der Waals surface area contributed by atoms with E-state index in [0.717, 1.165) is 12.0 Å². The standard InChI is InChI=1S/C34H44N4O10/c1-16-5-8-22-33(2,10-9-23(34(22,3)15-40)48-31-27(43)26(42)25(41)21(14-39)47-31)20(16)7-6-17-11-19(46-30(17)45)12-18-13-38(4)28-24(18)29(44)37-32(35)36-28/h6-7,11-13,20-23,25-27,31,39-43H,1,5,8-10,14-15H2,2-4H3,(H3,35,36,37,44)/b7-6+,19-12+/t20?,21?,22?,23-,25?,26?,27?,31?,33-,34+/m1/s1. The first-order valence-electron chi connectivity index (χ1n) is 16.1. The number of carbonyl (C=O) groups excluding carboxylic acids is 1. The molecule has 3 fully saturated rings. The van der Waals surface area contributed by atoms with Gasteiger partial charge < -0.3 is 50.0 Å². The van der Waals surface area contributed by atoms with Crippen LogP contribution in [0.1, 0.15) is 45.1 Å². The van der Waals surface area contributed by atoms with Crippen molar-refractivity contribution in [3.05, 3.63) is 63.8 Å². The van der Waals surface area contributed by atoms with Crippen molar-refractivity contribution in [2.45, 2.75) is 76.3 Å². The number of nitrogen functional groups attached to an aromatic ring is 1. The normalized spacial score (nSPS) is 38.1. The van der Waals surface area contributed by atoms with Crippen molar-refractivity contribution in [1.29, 1.82) is 0 Å². The lowest BCUT2D eigenvalue weighted by molar-refractivity contribution is -0.329. The summed E-state index contributed by atoms with van der Waals surface area (Å²) in [5.74, 6) is -0.472. The molecular weight excluding hydrogens is 624 g/mol. The van der Waals surface area contributed by atoms with E-state index in [-0.39, 0.29) is 35.6 Å². The van der Waals surface area contributed by atoms with Gasteiger partial charge in [0, 0.05) is 30.1 Å². The largest absolute Gasteiger partial charge is 0.423 e. The molecule has 0 radical (unpaired) electrons. The van der Waals surface area contributed by atoms with Gasteiger partial charge >= 0.3 is 5.97 Å². The third-order valence-corrected chi connectivity index (χ3v) is 11.0. The third-order valence-electron chi connectivity index (χ3n) is 11.0. The van der Waals surface area contributed by atoms with Crippen LogP contribution in [0.5, 0.6) is 0 Å². The number of aromatic amines is 1. The summed E-state index contributed by atoms with van der Waals surface area (Å²) in [7, 11) is 1.74. The average Bonchev–Trinajstić information content (AvgIpc) is 3.55. The van der Waals surface area contributed by atoms with Gasteiger partial charge in [0.05, 0.1) is 30.3 Å². The minimum absolute atomic E-state index is 0.00173. The Labute approximate surface area is 276 Å². The first kappa shape index (κ1) is 34.2. The number of rotatable bonds is 7. The molecule has 0 bridgehead atoms. The second kappa shape index (κ2) is 12.7. The number of nitrogens with one attached hydrogen (secondary N) is 1. The van der Waals surface area contributed by atoms with Crippen LogP contribution >= 0.6 is 0 Å². The first-order chi connectivity index (χ1) is 22.7. The van der Waals surface area contributed by atoms with Crippen LogP contribution in [-0.2, 0) is 26.1 Å². The van der Waals surface area contributed by atoms with E-state index in [9.17, 15) is 35.1 Å². The highest BCUT2D eigenvalue weighted by molar-refractivity contribution is 5.97. The summed E-state index contributed by atoms with van der Waals surface area (Å²) in [6.07, 6.45) is 3.60. The molecule has 0 spiro atoms. The van der Waals surface area contributed by atoms with Crippen LogP contribution in [0.15, 0.2) is 52.7 Å². The number of aliphatic hydroxyl groups is 5. The highest BCUT2D eigenvalue weighted by atomic mass is 16.7. The second-order valence-electron chi connectivity index (χ2n) is 14.0. The Morgan fingerprint density at radius 2 is 1.94 bits per heavy atom. The van der Waals surface area contributed by atoms with Crippen LogP contribution in [0.25, 0.3) is 17.1 Å². The number of carbonyl (C=O) groups is 1. The van der Waals surface area contributed by atoms with Gasteiger partial charge in [-0.15, -0.1) is 0 Å². The van der Waals surface area contributed by atoms with Crippen molar-refractivity contribution < 1.29 is 44.5 Å². The zero-order valence-corrected chi connectivity index (χ0v) is 27.2. The maximum absolute atomic E-state index is 12.9. The van der Waals surface area contributed by atoms with Crippen molar-refractivity contribution in [3.63, 3.8) is 0 Å². The minimum atomic E-state index is -1.57. The van der Waals surface area contributed by atoms with Gasteiger partial charge in [-0.1, -0.05) is 38.2 Å². The summed E-state index contributed by atoms with van der Waals surface area (Å²) in [6.45, 7) is 7.68. The number of esters is 1. The Balaban J connectivity index is 1.24. The van der Waals surface area contributed by atoms with Crippen LogP contribution in [0.3, 0.4) is 0 Å². The van der Waals surface area contributed by atoms with E-state index in [4.69, 9.17) is 19.9 Å². The molecule has 7 unspecified atom stereocenters. The fraction of sp³-hybridized carbons (Fsp3) is 0.559. The molecule has 2 aromatic heterocycles. The summed E-state index contributed by atoms with van der Waals surface area (Å²) >= 11 is 0. The van der Waals surface area contributed by atoms with Gasteiger partial charge in [0.15, 0.2) is 6.29 Å². The SMILES string of the molecule is C=C1CCC2[C@](C)(CC[C@@H](OC3OC(CO)C(O)C(O)C3O)[C@@]2(C)CO)C1/C=C/C1=CC(=C\c2cn(C)c3nc(N)[nH]c(=O)c23)/OC1=O. The third kappa shape index (κ3) is 5.64. The lowest BCUT2D eigenvalue weighted by atomic mass is 9.46. The number of aryl methyl sites for hydroxylation is 1. The number of nitrogens with zero attached hydrogens (tertiary/aromatic N) is 2. The van der Waals surface area contributed by atoms with Crippen molar-refractivity contribution in [2.24, 2.45) is 29.7 Å². The molecule has 2 aliphatic heterocycles. The summed E-state index contributed by atoms with van der Waals surface area (Å²) in [4.78, 5) is 32.2. The van der Waals surface area contributed by atoms with E-state index in [0.29, 0.717) is 41.4 Å². The Morgan fingerprint density at radius 3 is 2.65 bits per heavy atom. The Hall–Kier alpha value is -3.63. The molecular formula is C34H44N4O10. The summed E-state index contributed by atoms with van der Waals surface area (Å²) in [5, 5.41) is 51.9. The van der Waals surface area contributed by atoms with Crippen molar-refractivity contribution >= 4 is 29.0 Å². The molecule has 6 rings (SSSR count). The number of hydrogen-bond acceptors (Lipinski definition) is 12. The number of fused-ring (bicyclic) bond motifs is 2. The topological polar surface area (TPSA) is 223 Å². The predicted octanol–water partition coefficient (Wildman–Crippen LogP) is 0.790. The molecule has 2 saturated carbocycles. The van der Waals surface area contributed by atoms with E-state index in [2.05, 4.69) is 23.5 Å².